The number of thiazole rings is 1. The number of nitrogens with one attached hydrogen (secondary N) is 1. The van der Waals surface area contributed by atoms with Crippen LogP contribution in [0.15, 0.2) is 9.72 Å². The highest BCUT2D eigenvalue weighted by Gasteiger charge is 2.40. The molecule has 0 aromatic carbocycles. The Balaban J connectivity index is 2.20. The van der Waals surface area contributed by atoms with Gasteiger partial charge in [-0.3, -0.25) is 0 Å². The fourth-order valence-corrected chi connectivity index (χ4v) is 4.14. The van der Waals surface area contributed by atoms with Gasteiger partial charge in [0.15, 0.2) is 9.90 Å². The van der Waals surface area contributed by atoms with Gasteiger partial charge >= 0.3 is 5.97 Å². The van der Waals surface area contributed by atoms with Crippen LogP contribution in [0.2, 0.25) is 0 Å². The van der Waals surface area contributed by atoms with Crippen molar-refractivity contribution in [3.8, 4) is 0 Å². The highest BCUT2D eigenvalue weighted by molar-refractivity contribution is 7.91. The number of hydrogen-bond acceptors (Lipinski definition) is 5. The fraction of sp³-hybridized carbons (Fsp3) is 0.556. The number of hydrogen-bond donors (Lipinski definition) is 2. The van der Waals surface area contributed by atoms with Gasteiger partial charge in [-0.2, -0.15) is 0 Å². The van der Waals surface area contributed by atoms with E-state index in [-0.39, 0.29) is 10.3 Å². The van der Waals surface area contributed by atoms with Gasteiger partial charge in [0.1, 0.15) is 0 Å². The number of rotatable bonds is 5. The van der Waals surface area contributed by atoms with Crippen LogP contribution in [-0.4, -0.2) is 30.5 Å². The van der Waals surface area contributed by atoms with Crippen molar-refractivity contribution >= 4 is 27.3 Å². The average Bonchev–Trinajstić information content (AvgIpc) is 2.80. The molecule has 94 valence electrons. The quantitative estimate of drug-likeness (QED) is 0.833. The molecule has 2 unspecified atom stereocenters. The van der Waals surface area contributed by atoms with Gasteiger partial charge in [0.2, 0.25) is 0 Å². The first-order valence-electron chi connectivity index (χ1n) is 5.14. The smallest absolute Gasteiger partial charge is 0.356 e. The third-order valence-corrected chi connectivity index (χ3v) is 5.59. The van der Waals surface area contributed by atoms with Gasteiger partial charge in [-0.1, -0.05) is 13.3 Å². The Hall–Kier alpha value is -0.990. The van der Waals surface area contributed by atoms with E-state index in [9.17, 15) is 13.2 Å². The molecule has 2 atom stereocenters. The molecule has 1 aliphatic rings. The lowest BCUT2D eigenvalue weighted by molar-refractivity contribution is 0.0687. The van der Waals surface area contributed by atoms with E-state index < -0.39 is 21.7 Å². The largest absolute Gasteiger partial charge is 0.476 e. The zero-order valence-corrected chi connectivity index (χ0v) is 10.7. The molecule has 8 heteroatoms. The van der Waals surface area contributed by atoms with Crippen LogP contribution in [0.1, 0.15) is 30.3 Å². The minimum Gasteiger partial charge on any atom is -0.476 e. The Morgan fingerprint density at radius 3 is 2.94 bits per heavy atom. The second kappa shape index (κ2) is 4.35. The maximum absolute atomic E-state index is 11.9. The lowest BCUT2D eigenvalue weighted by Crippen LogP contribution is -2.27. The van der Waals surface area contributed by atoms with Crippen molar-refractivity contribution in [2.45, 2.75) is 30.0 Å². The molecule has 2 N–H and O–H groups in total. The maximum Gasteiger partial charge on any atom is 0.356 e. The summed E-state index contributed by atoms with van der Waals surface area (Å²) in [6.45, 7) is 1.99. The molecule has 1 aromatic heterocycles. The molecular formula is C9H12N2O4S2. The Morgan fingerprint density at radius 1 is 1.71 bits per heavy atom. The first kappa shape index (κ1) is 12.5. The standard InChI is InChI=1S/C9H12N2O4S2/c1-2-5-3-6(5)11-17(14,15)9-7(8(12)13)10-4-16-9/h4-6,11H,2-3H2,1H3,(H,12,13). The van der Waals surface area contributed by atoms with E-state index in [0.717, 1.165) is 24.2 Å². The summed E-state index contributed by atoms with van der Waals surface area (Å²) in [6.07, 6.45) is 1.73. The fourth-order valence-electron chi connectivity index (χ4n) is 1.66. The molecule has 0 aliphatic heterocycles. The highest BCUT2D eigenvalue weighted by Crippen LogP contribution is 2.35. The number of carboxylic acid groups (broad SMARTS) is 1. The first-order chi connectivity index (χ1) is 7.95. The summed E-state index contributed by atoms with van der Waals surface area (Å²) in [5.41, 5.74) is 0.818. The van der Waals surface area contributed by atoms with Crippen molar-refractivity contribution in [2.75, 3.05) is 0 Å². The number of nitrogens with zero attached hydrogens (tertiary/aromatic N) is 1. The predicted octanol–water partition coefficient (Wildman–Crippen LogP) is 0.918. The van der Waals surface area contributed by atoms with Crippen molar-refractivity contribution in [2.24, 2.45) is 5.92 Å². The third kappa shape index (κ3) is 2.48. The predicted molar refractivity (Wildman–Crippen MR) is 61.6 cm³/mol. The molecule has 1 heterocycles. The van der Waals surface area contributed by atoms with Crippen LogP contribution in [0, 0.1) is 5.92 Å². The van der Waals surface area contributed by atoms with E-state index in [1.807, 2.05) is 6.92 Å². The van der Waals surface area contributed by atoms with Crippen molar-refractivity contribution in [1.82, 2.24) is 9.71 Å². The summed E-state index contributed by atoms with van der Waals surface area (Å²) >= 11 is 0.821. The van der Waals surface area contributed by atoms with E-state index in [2.05, 4.69) is 9.71 Å². The van der Waals surface area contributed by atoms with Gasteiger partial charge in [-0.15, -0.1) is 11.3 Å². The van der Waals surface area contributed by atoms with Gasteiger partial charge in [-0.25, -0.2) is 22.9 Å². The van der Waals surface area contributed by atoms with E-state index in [4.69, 9.17) is 5.11 Å². The van der Waals surface area contributed by atoms with Crippen molar-refractivity contribution in [3.63, 3.8) is 0 Å². The lowest BCUT2D eigenvalue weighted by Gasteiger charge is -2.04. The maximum atomic E-state index is 11.9. The summed E-state index contributed by atoms with van der Waals surface area (Å²) < 4.78 is 26.1. The number of aromatic carboxylic acids is 1. The van der Waals surface area contributed by atoms with Crippen LogP contribution in [0.5, 0.6) is 0 Å². The molecule has 6 nitrogen and oxygen atoms in total. The average molecular weight is 276 g/mol. The molecule has 17 heavy (non-hydrogen) atoms. The Bertz CT molecular complexity index is 537. The third-order valence-electron chi connectivity index (χ3n) is 2.74. The van der Waals surface area contributed by atoms with Gasteiger partial charge in [0.25, 0.3) is 10.0 Å². The first-order valence-corrected chi connectivity index (χ1v) is 7.51. The number of carbonyl (C=O) groups is 1. The van der Waals surface area contributed by atoms with Crippen LogP contribution in [0.25, 0.3) is 0 Å². The SMILES string of the molecule is CCC1CC1NS(=O)(=O)c1scnc1C(=O)O. The summed E-state index contributed by atoms with van der Waals surface area (Å²) in [4.78, 5) is 14.4. The second-order valence-corrected chi connectivity index (χ2v) is 6.69. The van der Waals surface area contributed by atoms with Gasteiger partial charge < -0.3 is 5.11 Å². The Labute approximate surface area is 103 Å². The molecule has 0 radical (unpaired) electrons. The van der Waals surface area contributed by atoms with E-state index in [0.29, 0.717) is 5.92 Å². The van der Waals surface area contributed by atoms with Crippen LogP contribution < -0.4 is 4.72 Å². The number of carboxylic acids is 1. The van der Waals surface area contributed by atoms with Gasteiger partial charge in [-0.05, 0) is 12.3 Å². The van der Waals surface area contributed by atoms with Crippen molar-refractivity contribution in [3.05, 3.63) is 11.2 Å². The molecule has 0 spiro atoms. The lowest BCUT2D eigenvalue weighted by atomic mass is 10.3. The summed E-state index contributed by atoms with van der Waals surface area (Å²) in [6, 6.07) is -0.0613. The van der Waals surface area contributed by atoms with E-state index >= 15 is 0 Å². The summed E-state index contributed by atoms with van der Waals surface area (Å²) in [7, 11) is -3.75. The highest BCUT2D eigenvalue weighted by atomic mass is 32.2. The minimum absolute atomic E-state index is 0.0613. The molecule has 1 saturated carbocycles. The minimum atomic E-state index is -3.75. The van der Waals surface area contributed by atoms with Crippen molar-refractivity contribution < 1.29 is 18.3 Å². The number of sulfonamides is 1. The summed E-state index contributed by atoms with van der Waals surface area (Å²) in [5, 5.41) is 8.82. The Morgan fingerprint density at radius 2 is 2.41 bits per heavy atom. The van der Waals surface area contributed by atoms with Crippen LogP contribution in [-0.2, 0) is 10.0 Å². The molecule has 0 saturated heterocycles. The molecule has 1 aliphatic carbocycles. The molecule has 2 rings (SSSR count). The van der Waals surface area contributed by atoms with Crippen LogP contribution in [0.4, 0.5) is 0 Å². The molecule has 0 bridgehead atoms. The number of aromatic nitrogens is 1. The molecule has 1 fully saturated rings. The molecular weight excluding hydrogens is 264 g/mol. The second-order valence-electron chi connectivity index (χ2n) is 3.93. The van der Waals surface area contributed by atoms with Crippen LogP contribution in [0.3, 0.4) is 0 Å². The molecule has 1 aromatic rings. The van der Waals surface area contributed by atoms with Crippen molar-refractivity contribution in [1.29, 1.82) is 0 Å². The van der Waals surface area contributed by atoms with E-state index in [1.165, 1.54) is 5.51 Å². The van der Waals surface area contributed by atoms with Crippen LogP contribution >= 0.6 is 11.3 Å². The van der Waals surface area contributed by atoms with E-state index in [1.54, 1.807) is 0 Å². The van der Waals surface area contributed by atoms with Gasteiger partial charge in [0.05, 0.1) is 5.51 Å². The zero-order valence-electron chi connectivity index (χ0n) is 9.08. The zero-order chi connectivity index (χ0) is 12.6. The van der Waals surface area contributed by atoms with Gasteiger partial charge in [0, 0.05) is 6.04 Å². The Kier molecular flexibility index (Phi) is 3.19. The monoisotopic (exact) mass is 276 g/mol. The normalized spacial score (nSPS) is 23.6. The topological polar surface area (TPSA) is 96.4 Å². The summed E-state index contributed by atoms with van der Waals surface area (Å²) in [5.74, 6) is -0.958. The molecule has 0 amide bonds.